The fourth-order valence-corrected chi connectivity index (χ4v) is 5.90. The van der Waals surface area contributed by atoms with Crippen LogP contribution in [-0.2, 0) is 15.7 Å². The topological polar surface area (TPSA) is 64.3 Å². The lowest BCUT2D eigenvalue weighted by Gasteiger charge is -2.54. The summed E-state index contributed by atoms with van der Waals surface area (Å²) in [6, 6.07) is 18.7. The first-order valence-electron chi connectivity index (χ1n) is 11.1. The van der Waals surface area contributed by atoms with Crippen LogP contribution in [0.4, 0.5) is 4.39 Å². The molecule has 0 amide bonds. The second-order valence-corrected chi connectivity index (χ2v) is 9.18. The number of halogens is 1. The Morgan fingerprint density at radius 3 is 2.26 bits per heavy atom. The molecule has 1 aliphatic heterocycles. The first-order valence-corrected chi connectivity index (χ1v) is 11.1. The molecule has 2 aromatic rings. The predicted molar refractivity (Wildman–Crippen MR) is 117 cm³/mol. The summed E-state index contributed by atoms with van der Waals surface area (Å²) in [7, 11) is 0. The number of hydrogen-bond donors (Lipinski definition) is 1. The third-order valence-electron chi connectivity index (χ3n) is 7.76. The largest absolute Gasteiger partial charge is 0.481 e. The molecule has 0 bridgehead atoms. The van der Waals surface area contributed by atoms with Crippen molar-refractivity contribution in [3.05, 3.63) is 71.5 Å². The fraction of sp³-hybridized carbons (Fsp3) is 0.462. The summed E-state index contributed by atoms with van der Waals surface area (Å²) in [6.45, 7) is 3.34. The van der Waals surface area contributed by atoms with Crippen molar-refractivity contribution in [2.24, 2.45) is 11.8 Å². The van der Waals surface area contributed by atoms with E-state index in [2.05, 4.69) is 11.0 Å². The van der Waals surface area contributed by atoms with Gasteiger partial charge in [-0.25, -0.2) is 4.39 Å². The van der Waals surface area contributed by atoms with Gasteiger partial charge in [-0.3, -0.25) is 9.69 Å². The fourth-order valence-electron chi connectivity index (χ4n) is 5.90. The molecule has 1 heterocycles. The Bertz CT molecular complexity index is 961. The molecule has 4 rings (SSSR count). The van der Waals surface area contributed by atoms with E-state index in [-0.39, 0.29) is 23.2 Å². The minimum atomic E-state index is -0.911. The molecule has 1 saturated heterocycles. The normalized spacial score (nSPS) is 31.6. The molecule has 0 spiro atoms. The van der Waals surface area contributed by atoms with Crippen LogP contribution in [0.2, 0.25) is 0 Å². The first-order chi connectivity index (χ1) is 14.9. The highest BCUT2D eigenvalue weighted by Crippen LogP contribution is 2.49. The van der Waals surface area contributed by atoms with Crippen molar-refractivity contribution >= 4 is 5.97 Å². The van der Waals surface area contributed by atoms with Gasteiger partial charge in [0, 0.05) is 24.5 Å². The molecule has 2 aromatic carbocycles. The molecular weight excluding hydrogens is 391 g/mol. The Kier molecular flexibility index (Phi) is 5.85. The Morgan fingerprint density at radius 1 is 1.06 bits per heavy atom. The van der Waals surface area contributed by atoms with Gasteiger partial charge in [-0.15, -0.1) is 0 Å². The molecule has 1 N–H and O–H groups in total. The number of rotatable bonds is 4. The number of benzene rings is 2. The van der Waals surface area contributed by atoms with Crippen LogP contribution in [0.5, 0.6) is 0 Å². The molecule has 2 aliphatic rings. The summed E-state index contributed by atoms with van der Waals surface area (Å²) in [5.41, 5.74) is 0.737. The van der Waals surface area contributed by atoms with E-state index in [4.69, 9.17) is 0 Å². The van der Waals surface area contributed by atoms with Crippen molar-refractivity contribution in [2.75, 3.05) is 13.1 Å². The van der Waals surface area contributed by atoms with E-state index in [0.717, 1.165) is 36.8 Å². The van der Waals surface area contributed by atoms with Crippen LogP contribution < -0.4 is 0 Å². The number of hydrogen-bond acceptors (Lipinski definition) is 3. The molecule has 0 radical (unpaired) electrons. The van der Waals surface area contributed by atoms with Crippen molar-refractivity contribution in [3.8, 4) is 6.07 Å². The summed E-state index contributed by atoms with van der Waals surface area (Å²) in [5, 5.41) is 19.7. The van der Waals surface area contributed by atoms with Crippen molar-refractivity contribution in [1.82, 2.24) is 4.90 Å². The van der Waals surface area contributed by atoms with Gasteiger partial charge in [-0.1, -0.05) is 49.4 Å². The highest BCUT2D eigenvalue weighted by atomic mass is 19.1. The van der Waals surface area contributed by atoms with Crippen LogP contribution in [0, 0.1) is 29.0 Å². The van der Waals surface area contributed by atoms with Crippen molar-refractivity contribution in [3.63, 3.8) is 0 Å². The molecule has 2 fully saturated rings. The second kappa shape index (κ2) is 8.43. The van der Waals surface area contributed by atoms with Gasteiger partial charge >= 0.3 is 5.97 Å². The Morgan fingerprint density at radius 2 is 1.71 bits per heavy atom. The number of carbonyl (C=O) groups is 1. The molecule has 162 valence electrons. The van der Waals surface area contributed by atoms with Crippen molar-refractivity contribution in [2.45, 2.75) is 50.0 Å². The number of piperidine rings is 1. The van der Waals surface area contributed by atoms with Gasteiger partial charge in [0.05, 0.1) is 11.5 Å². The van der Waals surface area contributed by atoms with E-state index >= 15 is 0 Å². The summed E-state index contributed by atoms with van der Waals surface area (Å²) >= 11 is 0. The number of carboxylic acid groups (broad SMARTS) is 1. The highest BCUT2D eigenvalue weighted by molar-refractivity contribution is 5.82. The van der Waals surface area contributed by atoms with Gasteiger partial charge in [0.25, 0.3) is 0 Å². The third kappa shape index (κ3) is 3.64. The van der Waals surface area contributed by atoms with Crippen LogP contribution in [0.3, 0.4) is 0 Å². The number of aliphatic carboxylic acids is 1. The van der Waals surface area contributed by atoms with Gasteiger partial charge in [0.15, 0.2) is 0 Å². The molecule has 1 aliphatic carbocycles. The van der Waals surface area contributed by atoms with Crippen LogP contribution in [0.15, 0.2) is 54.6 Å². The predicted octanol–water partition coefficient (Wildman–Crippen LogP) is 5.10. The highest BCUT2D eigenvalue weighted by Gasteiger charge is 2.52. The lowest BCUT2D eigenvalue weighted by Crippen LogP contribution is -2.59. The molecule has 1 saturated carbocycles. The van der Waals surface area contributed by atoms with E-state index in [1.165, 1.54) is 12.1 Å². The zero-order chi connectivity index (χ0) is 22.1. The van der Waals surface area contributed by atoms with Gasteiger partial charge in [-0.05, 0) is 61.3 Å². The zero-order valence-corrected chi connectivity index (χ0v) is 17.9. The maximum atomic E-state index is 13.7. The van der Waals surface area contributed by atoms with Crippen molar-refractivity contribution < 1.29 is 14.3 Å². The van der Waals surface area contributed by atoms with Gasteiger partial charge in [-0.2, -0.15) is 5.26 Å². The van der Waals surface area contributed by atoms with Crippen LogP contribution in [-0.4, -0.2) is 29.1 Å². The maximum absolute atomic E-state index is 13.7. The third-order valence-corrected chi connectivity index (χ3v) is 7.76. The summed E-state index contributed by atoms with van der Waals surface area (Å²) in [6.07, 6.45) is 3.80. The maximum Gasteiger partial charge on any atom is 0.314 e. The zero-order valence-electron chi connectivity index (χ0n) is 17.9. The molecule has 5 heteroatoms. The van der Waals surface area contributed by atoms with Gasteiger partial charge < -0.3 is 5.11 Å². The summed E-state index contributed by atoms with van der Waals surface area (Å²) < 4.78 is 13.7. The number of nitrogens with zero attached hydrogens (tertiary/aromatic N) is 2. The molecule has 2 atom stereocenters. The van der Waals surface area contributed by atoms with E-state index in [0.29, 0.717) is 19.5 Å². The minimum Gasteiger partial charge on any atom is -0.481 e. The van der Waals surface area contributed by atoms with Crippen LogP contribution in [0.1, 0.15) is 50.2 Å². The monoisotopic (exact) mass is 420 g/mol. The van der Waals surface area contributed by atoms with E-state index in [1.807, 2.05) is 49.4 Å². The van der Waals surface area contributed by atoms with Gasteiger partial charge in [0.2, 0.25) is 0 Å². The first kappa shape index (κ1) is 21.5. The lowest BCUT2D eigenvalue weighted by atomic mass is 9.64. The second-order valence-electron chi connectivity index (χ2n) is 9.18. The quantitative estimate of drug-likeness (QED) is 0.747. The van der Waals surface area contributed by atoms with Crippen LogP contribution >= 0.6 is 0 Å². The van der Waals surface area contributed by atoms with Crippen molar-refractivity contribution in [1.29, 1.82) is 5.26 Å². The standard InChI is InChI=1S/C26H29FN2O2/c1-19-18-29(16-15-26(19,24(30)31)22-5-3-2-4-6-22)25(13-11-20(17-28)12-14-25)21-7-9-23(27)10-8-21/h2-10,19-20H,11-16,18H2,1H3,(H,30,31)/t19-,20-,25+,26-/m1/s1. The Labute approximate surface area is 183 Å². The molecule has 0 aromatic heterocycles. The molecular formula is C26H29FN2O2. The lowest BCUT2D eigenvalue weighted by molar-refractivity contribution is -0.150. The van der Waals surface area contributed by atoms with E-state index in [9.17, 15) is 19.6 Å². The summed E-state index contributed by atoms with van der Waals surface area (Å²) in [4.78, 5) is 15.0. The number of nitriles is 1. The average Bonchev–Trinajstić information content (AvgIpc) is 2.80. The SMILES string of the molecule is C[C@@H]1CN([C@]2(c3ccc(F)cc3)CC[C@H](C#N)CC2)CC[C@]1(C(=O)O)c1ccccc1. The summed E-state index contributed by atoms with van der Waals surface area (Å²) in [5.74, 6) is -1.06. The minimum absolute atomic E-state index is 0.0539. The Hall–Kier alpha value is -2.71. The average molecular weight is 421 g/mol. The van der Waals surface area contributed by atoms with E-state index in [1.54, 1.807) is 0 Å². The smallest absolute Gasteiger partial charge is 0.314 e. The molecule has 0 unspecified atom stereocenters. The number of likely N-dealkylation sites (tertiary alicyclic amines) is 1. The molecule has 4 nitrogen and oxygen atoms in total. The Balaban J connectivity index is 1.68. The molecule has 31 heavy (non-hydrogen) atoms. The number of carboxylic acids is 1. The van der Waals surface area contributed by atoms with Gasteiger partial charge in [0.1, 0.15) is 5.82 Å². The van der Waals surface area contributed by atoms with E-state index < -0.39 is 11.4 Å². The van der Waals surface area contributed by atoms with Crippen LogP contribution in [0.25, 0.3) is 0 Å².